The second kappa shape index (κ2) is 7.10. The van der Waals surface area contributed by atoms with E-state index < -0.39 is 0 Å². The molecule has 0 aliphatic carbocycles. The summed E-state index contributed by atoms with van der Waals surface area (Å²) in [7, 11) is 3.78. The van der Waals surface area contributed by atoms with Crippen molar-refractivity contribution in [3.63, 3.8) is 0 Å². The molecule has 0 bridgehead atoms. The van der Waals surface area contributed by atoms with Crippen LogP contribution in [0.2, 0.25) is 0 Å². The first kappa shape index (κ1) is 17.2. The molecule has 1 aromatic carbocycles. The summed E-state index contributed by atoms with van der Waals surface area (Å²) in [6.45, 7) is 5.74. The summed E-state index contributed by atoms with van der Waals surface area (Å²) in [5.74, 6) is 1.83. The van der Waals surface area contributed by atoms with E-state index in [-0.39, 0.29) is 12.0 Å². The minimum absolute atomic E-state index is 0.0750. The highest BCUT2D eigenvalue weighted by molar-refractivity contribution is 5.49. The van der Waals surface area contributed by atoms with Gasteiger partial charge in [-0.25, -0.2) is 0 Å². The van der Waals surface area contributed by atoms with Gasteiger partial charge < -0.3 is 20.6 Å². The van der Waals surface area contributed by atoms with E-state index in [1.807, 2.05) is 31.1 Å². The van der Waals surface area contributed by atoms with Gasteiger partial charge in [0.2, 0.25) is 11.9 Å². The van der Waals surface area contributed by atoms with Gasteiger partial charge in [0, 0.05) is 46.0 Å². The van der Waals surface area contributed by atoms with E-state index in [9.17, 15) is 5.11 Å². The summed E-state index contributed by atoms with van der Waals surface area (Å²) < 4.78 is 0. The van der Waals surface area contributed by atoms with Gasteiger partial charge in [0.25, 0.3) is 0 Å². The minimum Gasteiger partial charge on any atom is -0.508 e. The van der Waals surface area contributed by atoms with Gasteiger partial charge in [-0.05, 0) is 31.2 Å². The van der Waals surface area contributed by atoms with Crippen LogP contribution in [-0.4, -0.2) is 65.2 Å². The van der Waals surface area contributed by atoms with Crippen LogP contribution in [0.4, 0.5) is 17.6 Å². The number of nitrogens with zero attached hydrogens (tertiary/aromatic N) is 6. The Hall–Kier alpha value is -2.61. The monoisotopic (exact) mass is 343 g/mol. The van der Waals surface area contributed by atoms with Crippen LogP contribution in [0.15, 0.2) is 24.3 Å². The zero-order valence-electron chi connectivity index (χ0n) is 14.9. The number of rotatable bonds is 4. The molecule has 1 atom stereocenters. The number of nitrogens with two attached hydrogens (primary N) is 1. The summed E-state index contributed by atoms with van der Waals surface area (Å²) in [4.78, 5) is 19.5. The molecule has 8 heteroatoms. The summed E-state index contributed by atoms with van der Waals surface area (Å²) in [6.07, 6.45) is 0. The number of aromatic hydroxyl groups is 1. The molecule has 0 spiro atoms. The normalized spacial score (nSPS) is 16.7. The predicted octanol–water partition coefficient (Wildman–Crippen LogP) is 1.11. The molecule has 1 aliphatic heterocycles. The first-order chi connectivity index (χ1) is 11.9. The molecule has 0 radical (unpaired) electrons. The molecular weight excluding hydrogens is 318 g/mol. The van der Waals surface area contributed by atoms with E-state index in [4.69, 9.17) is 5.73 Å². The van der Waals surface area contributed by atoms with Crippen LogP contribution in [0, 0.1) is 0 Å². The Morgan fingerprint density at radius 2 is 1.68 bits per heavy atom. The zero-order chi connectivity index (χ0) is 18.0. The third kappa shape index (κ3) is 3.90. The van der Waals surface area contributed by atoms with Crippen molar-refractivity contribution in [2.24, 2.45) is 0 Å². The Kier molecular flexibility index (Phi) is 4.89. The maximum Gasteiger partial charge on any atom is 0.229 e. The lowest BCUT2D eigenvalue weighted by Crippen LogP contribution is -2.47. The van der Waals surface area contributed by atoms with Crippen molar-refractivity contribution in [2.45, 2.75) is 13.0 Å². The average molecular weight is 343 g/mol. The van der Waals surface area contributed by atoms with E-state index in [0.717, 1.165) is 31.9 Å². The van der Waals surface area contributed by atoms with Crippen molar-refractivity contribution in [3.8, 4) is 5.75 Å². The van der Waals surface area contributed by atoms with Crippen molar-refractivity contribution in [1.29, 1.82) is 0 Å². The number of phenols is 1. The number of aromatic nitrogens is 3. The molecule has 134 valence electrons. The third-order valence-electron chi connectivity index (χ3n) is 4.51. The first-order valence-corrected chi connectivity index (χ1v) is 8.41. The van der Waals surface area contributed by atoms with Gasteiger partial charge >= 0.3 is 0 Å². The van der Waals surface area contributed by atoms with E-state index in [1.165, 1.54) is 0 Å². The molecule has 1 aliphatic rings. The van der Waals surface area contributed by atoms with Crippen LogP contribution in [0.25, 0.3) is 0 Å². The Balaban J connectivity index is 1.67. The van der Waals surface area contributed by atoms with Crippen LogP contribution in [0.1, 0.15) is 18.8 Å². The van der Waals surface area contributed by atoms with E-state index in [2.05, 4.69) is 31.7 Å². The molecule has 0 saturated carbocycles. The summed E-state index contributed by atoms with van der Waals surface area (Å²) in [6, 6.07) is 7.42. The number of nitrogen functional groups attached to an aromatic ring is 1. The fourth-order valence-corrected chi connectivity index (χ4v) is 2.98. The van der Waals surface area contributed by atoms with Gasteiger partial charge in [0.05, 0.1) is 6.04 Å². The number of anilines is 3. The summed E-state index contributed by atoms with van der Waals surface area (Å²) in [5.41, 5.74) is 6.97. The molecule has 8 nitrogen and oxygen atoms in total. The van der Waals surface area contributed by atoms with Gasteiger partial charge in [-0.1, -0.05) is 0 Å². The number of benzene rings is 1. The molecular formula is C17H25N7O. The highest BCUT2D eigenvalue weighted by Crippen LogP contribution is 2.24. The standard InChI is InChI=1S/C17H25N7O/c1-12(15-19-16(18)21-17(20-15)22(2)3)23-8-10-24(11-9-23)13-4-6-14(25)7-5-13/h4-7,12,25H,8-11H2,1-3H3,(H2,18,19,20,21). The molecule has 1 fully saturated rings. The highest BCUT2D eigenvalue weighted by atomic mass is 16.3. The molecule has 0 amide bonds. The fourth-order valence-electron chi connectivity index (χ4n) is 2.98. The average Bonchev–Trinajstić information content (AvgIpc) is 2.61. The van der Waals surface area contributed by atoms with Crippen molar-refractivity contribution >= 4 is 17.6 Å². The van der Waals surface area contributed by atoms with Crippen molar-refractivity contribution in [2.75, 3.05) is 55.8 Å². The highest BCUT2D eigenvalue weighted by Gasteiger charge is 2.25. The first-order valence-electron chi connectivity index (χ1n) is 8.41. The minimum atomic E-state index is 0.0750. The maximum absolute atomic E-state index is 9.42. The van der Waals surface area contributed by atoms with Gasteiger partial charge in [0.1, 0.15) is 5.75 Å². The number of hydrogen-bond donors (Lipinski definition) is 2. The molecule has 1 unspecified atom stereocenters. The largest absolute Gasteiger partial charge is 0.508 e. The van der Waals surface area contributed by atoms with Crippen molar-refractivity contribution in [1.82, 2.24) is 19.9 Å². The Morgan fingerprint density at radius 3 is 2.28 bits per heavy atom. The maximum atomic E-state index is 9.42. The smallest absolute Gasteiger partial charge is 0.229 e. The topological polar surface area (TPSA) is 94.6 Å². The predicted molar refractivity (Wildman–Crippen MR) is 98.9 cm³/mol. The summed E-state index contributed by atoms with van der Waals surface area (Å²) >= 11 is 0. The van der Waals surface area contributed by atoms with E-state index in [1.54, 1.807) is 12.1 Å². The SMILES string of the molecule is CC(c1nc(N)nc(N(C)C)n1)N1CCN(c2ccc(O)cc2)CC1. The van der Waals surface area contributed by atoms with Crippen LogP contribution < -0.4 is 15.5 Å². The van der Waals surface area contributed by atoms with Crippen LogP contribution in [0.5, 0.6) is 5.75 Å². The third-order valence-corrected chi connectivity index (χ3v) is 4.51. The van der Waals surface area contributed by atoms with E-state index >= 15 is 0 Å². The quantitative estimate of drug-likeness (QED) is 0.852. The molecule has 1 aromatic heterocycles. The van der Waals surface area contributed by atoms with Gasteiger partial charge in [-0.3, -0.25) is 4.90 Å². The number of piperazine rings is 1. The van der Waals surface area contributed by atoms with Crippen LogP contribution >= 0.6 is 0 Å². The van der Waals surface area contributed by atoms with Gasteiger partial charge in [-0.15, -0.1) is 0 Å². The second-order valence-corrected chi connectivity index (χ2v) is 6.46. The Morgan fingerprint density at radius 1 is 1.04 bits per heavy atom. The lowest BCUT2D eigenvalue weighted by Gasteiger charge is -2.38. The molecule has 2 aromatic rings. The molecule has 25 heavy (non-hydrogen) atoms. The second-order valence-electron chi connectivity index (χ2n) is 6.46. The van der Waals surface area contributed by atoms with Gasteiger partial charge in [0.15, 0.2) is 5.82 Å². The fraction of sp³-hybridized carbons (Fsp3) is 0.471. The number of phenolic OH excluding ortho intramolecular Hbond substituents is 1. The van der Waals surface area contributed by atoms with Crippen LogP contribution in [0.3, 0.4) is 0 Å². The summed E-state index contributed by atoms with van der Waals surface area (Å²) in [5, 5.41) is 9.42. The molecule has 3 N–H and O–H groups in total. The lowest BCUT2D eigenvalue weighted by atomic mass is 10.2. The molecule has 1 saturated heterocycles. The molecule has 3 rings (SSSR count). The van der Waals surface area contributed by atoms with Gasteiger partial charge in [-0.2, -0.15) is 15.0 Å². The van der Waals surface area contributed by atoms with E-state index in [0.29, 0.717) is 17.5 Å². The lowest BCUT2D eigenvalue weighted by molar-refractivity contribution is 0.191. The van der Waals surface area contributed by atoms with Crippen LogP contribution in [-0.2, 0) is 0 Å². The Labute approximate surface area is 147 Å². The molecule has 2 heterocycles. The number of hydrogen-bond acceptors (Lipinski definition) is 8. The van der Waals surface area contributed by atoms with Crippen molar-refractivity contribution in [3.05, 3.63) is 30.1 Å². The zero-order valence-corrected chi connectivity index (χ0v) is 14.9. The van der Waals surface area contributed by atoms with Crippen molar-refractivity contribution < 1.29 is 5.11 Å². The Bertz CT molecular complexity index is 711.